The van der Waals surface area contributed by atoms with Crippen LogP contribution in [0.15, 0.2) is 146 Å². The Hall–Kier alpha value is -6.30. The lowest BCUT2D eigenvalue weighted by Crippen LogP contribution is -2.33. The van der Waals surface area contributed by atoms with E-state index < -0.39 is 0 Å². The molecule has 274 valence electrons. The first-order valence-electron chi connectivity index (χ1n) is 20.1. The Balaban J connectivity index is 1.35. The highest BCUT2D eigenvalue weighted by atomic mass is 32.1. The number of fused-ring (bicyclic) bond motifs is 14. The van der Waals surface area contributed by atoms with Crippen LogP contribution >= 0.6 is 11.3 Å². The molecular weight excluding hydrogens is 713 g/mol. The smallest absolute Gasteiger partial charge is 0.236 e. The zero-order chi connectivity index (χ0) is 38.2. The zero-order valence-electron chi connectivity index (χ0n) is 32.5. The van der Waals surface area contributed by atoms with E-state index in [9.17, 15) is 0 Å². The maximum absolute atomic E-state index is 5.63. The highest BCUT2D eigenvalue weighted by molar-refractivity contribution is 7.25. The van der Waals surface area contributed by atoms with Crippen molar-refractivity contribution in [1.29, 1.82) is 0 Å². The quantitative estimate of drug-likeness (QED) is 0.180. The third-order valence-electron chi connectivity index (χ3n) is 13.0. The van der Waals surface area contributed by atoms with Gasteiger partial charge in [-0.2, -0.15) is 0 Å². The number of para-hydroxylation sites is 2. The highest BCUT2D eigenvalue weighted by Gasteiger charge is 2.38. The number of rotatable bonds is 3. The van der Waals surface area contributed by atoms with Crippen molar-refractivity contribution in [3.63, 3.8) is 0 Å². The van der Waals surface area contributed by atoms with Gasteiger partial charge >= 0.3 is 0 Å². The molecule has 5 heteroatoms. The van der Waals surface area contributed by atoms with Gasteiger partial charge in [0.2, 0.25) is 5.95 Å². The van der Waals surface area contributed by atoms with Gasteiger partial charge in [0.1, 0.15) is 4.83 Å². The van der Waals surface area contributed by atoms with Crippen LogP contribution in [-0.4, -0.2) is 19.1 Å². The molecule has 4 aromatic heterocycles. The molecule has 0 amide bonds. The first-order chi connectivity index (χ1) is 27.8. The molecule has 7 aromatic carbocycles. The minimum atomic E-state index is 0.0602. The number of benzene rings is 7. The molecular formula is C52H40N4S. The van der Waals surface area contributed by atoms with E-state index in [0.717, 1.165) is 51.0 Å². The molecule has 0 bridgehead atoms. The number of hydrogen-bond acceptors (Lipinski definition) is 3. The fourth-order valence-electron chi connectivity index (χ4n) is 10.1. The van der Waals surface area contributed by atoms with E-state index in [4.69, 9.17) is 9.97 Å². The van der Waals surface area contributed by atoms with Gasteiger partial charge in [-0.25, -0.2) is 9.97 Å². The minimum absolute atomic E-state index is 0.0602. The standard InChI is InChI=1S/C52H40N4S/c1-51(2)27-28-52(3,4)39-30-41-37(29-38(39)51)44-34-22-12-11-21-33(34)43-35-23-13-15-25-40(35)56(48(43)47(44)55(41)32-19-9-6-10-20-32)50-53-46(31-17-7-5-8-18-31)45-36-24-14-16-26-42(36)57-49(45)54-50/h5-26,29-30H,27-28H2,1-4H3. The van der Waals surface area contributed by atoms with Crippen LogP contribution in [0.1, 0.15) is 51.7 Å². The lowest BCUT2D eigenvalue weighted by Gasteiger charge is -2.42. The molecule has 12 rings (SSSR count). The van der Waals surface area contributed by atoms with Gasteiger partial charge in [0, 0.05) is 48.3 Å². The van der Waals surface area contributed by atoms with Crippen molar-refractivity contribution in [2.24, 2.45) is 0 Å². The Morgan fingerprint density at radius 1 is 0.491 bits per heavy atom. The molecule has 4 heterocycles. The summed E-state index contributed by atoms with van der Waals surface area (Å²) in [6.45, 7) is 9.73. The van der Waals surface area contributed by atoms with E-state index in [2.05, 4.69) is 182 Å². The van der Waals surface area contributed by atoms with E-state index in [-0.39, 0.29) is 10.8 Å². The van der Waals surface area contributed by atoms with E-state index in [1.807, 2.05) is 0 Å². The van der Waals surface area contributed by atoms with Crippen LogP contribution in [0.5, 0.6) is 0 Å². The van der Waals surface area contributed by atoms with Gasteiger partial charge in [-0.3, -0.25) is 4.57 Å². The van der Waals surface area contributed by atoms with Gasteiger partial charge in [-0.1, -0.05) is 137 Å². The number of thiophene rings is 1. The second-order valence-corrected chi connectivity index (χ2v) is 18.2. The largest absolute Gasteiger partial charge is 0.307 e. The van der Waals surface area contributed by atoms with Crippen molar-refractivity contribution in [3.05, 3.63) is 157 Å². The first kappa shape index (κ1) is 32.9. The Labute approximate surface area is 334 Å². The van der Waals surface area contributed by atoms with Crippen molar-refractivity contribution in [2.75, 3.05) is 0 Å². The maximum atomic E-state index is 5.63. The fourth-order valence-corrected chi connectivity index (χ4v) is 11.1. The average molecular weight is 753 g/mol. The third-order valence-corrected chi connectivity index (χ3v) is 14.1. The molecule has 0 aliphatic heterocycles. The van der Waals surface area contributed by atoms with Crippen LogP contribution in [-0.2, 0) is 10.8 Å². The van der Waals surface area contributed by atoms with Crippen LogP contribution in [0.25, 0.3) is 97.6 Å². The molecule has 11 aromatic rings. The molecule has 0 unspecified atom stereocenters. The first-order valence-corrected chi connectivity index (χ1v) is 20.9. The summed E-state index contributed by atoms with van der Waals surface area (Å²) in [5.41, 5.74) is 10.9. The predicted molar refractivity (Wildman–Crippen MR) is 242 cm³/mol. The molecule has 0 fully saturated rings. The Morgan fingerprint density at radius 2 is 1.05 bits per heavy atom. The van der Waals surface area contributed by atoms with Crippen LogP contribution in [0.2, 0.25) is 0 Å². The van der Waals surface area contributed by atoms with Crippen molar-refractivity contribution >= 4 is 86.0 Å². The Bertz CT molecular complexity index is 3460. The summed E-state index contributed by atoms with van der Waals surface area (Å²) < 4.78 is 6.13. The molecule has 57 heavy (non-hydrogen) atoms. The summed E-state index contributed by atoms with van der Waals surface area (Å²) in [4.78, 5) is 12.2. The Kier molecular flexibility index (Phi) is 6.71. The minimum Gasteiger partial charge on any atom is -0.307 e. The molecule has 1 aliphatic rings. The lowest BCUT2D eigenvalue weighted by molar-refractivity contribution is 0.332. The van der Waals surface area contributed by atoms with E-state index in [1.54, 1.807) is 11.3 Å². The predicted octanol–water partition coefficient (Wildman–Crippen LogP) is 14.2. The van der Waals surface area contributed by atoms with Crippen LogP contribution in [0.4, 0.5) is 0 Å². The molecule has 4 nitrogen and oxygen atoms in total. The highest BCUT2D eigenvalue weighted by Crippen LogP contribution is 2.52. The topological polar surface area (TPSA) is 35.6 Å². The third kappa shape index (κ3) is 4.55. The fraction of sp³-hybridized carbons (Fsp3) is 0.154. The normalized spacial score (nSPS) is 15.2. The zero-order valence-corrected chi connectivity index (χ0v) is 33.3. The van der Waals surface area contributed by atoms with Gasteiger partial charge in [0.25, 0.3) is 0 Å². The molecule has 0 saturated heterocycles. The summed E-state index contributed by atoms with van der Waals surface area (Å²) in [7, 11) is 0. The van der Waals surface area contributed by atoms with Gasteiger partial charge in [0.15, 0.2) is 0 Å². The van der Waals surface area contributed by atoms with Gasteiger partial charge in [-0.05, 0) is 82.0 Å². The molecule has 0 spiro atoms. The van der Waals surface area contributed by atoms with Crippen molar-refractivity contribution in [2.45, 2.75) is 51.4 Å². The van der Waals surface area contributed by atoms with E-state index >= 15 is 0 Å². The second kappa shape index (κ2) is 11.6. The van der Waals surface area contributed by atoms with Crippen LogP contribution in [0.3, 0.4) is 0 Å². The van der Waals surface area contributed by atoms with Crippen molar-refractivity contribution < 1.29 is 0 Å². The van der Waals surface area contributed by atoms with Crippen LogP contribution < -0.4 is 0 Å². The number of aromatic nitrogens is 4. The van der Waals surface area contributed by atoms with Gasteiger partial charge in [0.05, 0.1) is 27.8 Å². The summed E-state index contributed by atoms with van der Waals surface area (Å²) in [6, 6.07) is 53.2. The van der Waals surface area contributed by atoms with Gasteiger partial charge in [-0.15, -0.1) is 11.3 Å². The van der Waals surface area contributed by atoms with E-state index in [0.29, 0.717) is 5.95 Å². The van der Waals surface area contributed by atoms with Gasteiger partial charge < -0.3 is 4.57 Å². The summed E-state index contributed by atoms with van der Waals surface area (Å²) in [5, 5.41) is 9.78. The SMILES string of the molecule is CC1(C)CCC(C)(C)c2cc3c(cc21)c1c2ccccc2c2c4ccccc4n(-c4nc(-c5ccccc5)c5c(n4)sc4ccccc45)c2c1n3-c1ccccc1. The molecule has 1 aliphatic carbocycles. The summed E-state index contributed by atoms with van der Waals surface area (Å²) in [6.07, 6.45) is 2.32. The average Bonchev–Trinajstić information content (AvgIpc) is 3.90. The molecule has 0 atom stereocenters. The van der Waals surface area contributed by atoms with Crippen molar-refractivity contribution in [3.8, 4) is 22.9 Å². The second-order valence-electron chi connectivity index (χ2n) is 17.2. The molecule has 0 radical (unpaired) electrons. The molecule has 0 N–H and O–H groups in total. The number of nitrogens with zero attached hydrogens (tertiary/aromatic N) is 4. The summed E-state index contributed by atoms with van der Waals surface area (Å²) in [5.74, 6) is 0.683. The van der Waals surface area contributed by atoms with Crippen LogP contribution in [0, 0.1) is 0 Å². The summed E-state index contributed by atoms with van der Waals surface area (Å²) >= 11 is 1.75. The Morgan fingerprint density at radius 3 is 1.77 bits per heavy atom. The molecule has 0 saturated carbocycles. The monoisotopic (exact) mass is 752 g/mol. The van der Waals surface area contributed by atoms with E-state index in [1.165, 1.54) is 64.6 Å². The van der Waals surface area contributed by atoms with Crippen molar-refractivity contribution in [1.82, 2.24) is 19.1 Å². The maximum Gasteiger partial charge on any atom is 0.236 e. The number of hydrogen-bond donors (Lipinski definition) is 0. The lowest BCUT2D eigenvalue weighted by atomic mass is 9.63.